The van der Waals surface area contributed by atoms with Crippen LogP contribution in [0.5, 0.6) is 0 Å². The number of ether oxygens (including phenoxy) is 1. The van der Waals surface area contributed by atoms with Gasteiger partial charge in [-0.05, 0) is 26.2 Å². The lowest BCUT2D eigenvalue weighted by atomic mass is 9.83. The molecule has 0 amide bonds. The molecule has 120 valence electrons. The van der Waals surface area contributed by atoms with Gasteiger partial charge in [0.05, 0.1) is 18.1 Å². The van der Waals surface area contributed by atoms with Gasteiger partial charge in [-0.3, -0.25) is 4.79 Å². The summed E-state index contributed by atoms with van der Waals surface area (Å²) in [7, 11) is 0. The molecule has 0 spiro atoms. The molecule has 0 radical (unpaired) electrons. The molecule has 0 saturated heterocycles. The molecular weight excluding hydrogens is 252 g/mol. The lowest BCUT2D eigenvalue weighted by Crippen LogP contribution is -2.39. The van der Waals surface area contributed by atoms with Gasteiger partial charge < -0.3 is 9.84 Å². The minimum Gasteiger partial charge on any atom is -0.465 e. The average molecular weight is 286 g/mol. The average Bonchev–Trinajstić information content (AvgIpc) is 2.39. The summed E-state index contributed by atoms with van der Waals surface area (Å²) in [4.78, 5) is 12.0. The van der Waals surface area contributed by atoms with Crippen LogP contribution in [0.1, 0.15) is 79.6 Å². The van der Waals surface area contributed by atoms with Crippen molar-refractivity contribution in [3.63, 3.8) is 0 Å². The number of aliphatic hydroxyl groups is 1. The number of unbranched alkanes of at least 4 members (excludes halogenated alkanes) is 5. The monoisotopic (exact) mass is 286 g/mol. The second kappa shape index (κ2) is 10.2. The van der Waals surface area contributed by atoms with E-state index in [1.807, 2.05) is 13.8 Å². The first-order chi connectivity index (χ1) is 9.32. The van der Waals surface area contributed by atoms with E-state index in [1.54, 1.807) is 13.8 Å². The van der Waals surface area contributed by atoms with Crippen LogP contribution in [0.25, 0.3) is 0 Å². The van der Waals surface area contributed by atoms with Gasteiger partial charge in [-0.1, -0.05) is 59.3 Å². The Kier molecular flexibility index (Phi) is 9.91. The van der Waals surface area contributed by atoms with Gasteiger partial charge in [-0.2, -0.15) is 0 Å². The van der Waals surface area contributed by atoms with E-state index < -0.39 is 11.5 Å². The van der Waals surface area contributed by atoms with E-state index in [0.29, 0.717) is 18.9 Å². The van der Waals surface area contributed by atoms with Crippen LogP contribution in [0.15, 0.2) is 0 Å². The first-order valence-corrected chi connectivity index (χ1v) is 8.17. The highest BCUT2D eigenvalue weighted by Crippen LogP contribution is 2.27. The Balaban J connectivity index is 3.97. The molecule has 0 rings (SSSR count). The zero-order valence-corrected chi connectivity index (χ0v) is 14.1. The molecule has 0 aliphatic carbocycles. The molecule has 0 heterocycles. The summed E-state index contributed by atoms with van der Waals surface area (Å²) in [6.45, 7) is 10.2. The highest BCUT2D eigenvalue weighted by molar-refractivity contribution is 5.76. The Labute approximate surface area is 125 Å². The van der Waals surface area contributed by atoms with Crippen LogP contribution in [0.2, 0.25) is 0 Å². The molecule has 3 heteroatoms. The van der Waals surface area contributed by atoms with E-state index in [0.717, 1.165) is 12.8 Å². The Morgan fingerprint density at radius 2 is 1.65 bits per heavy atom. The van der Waals surface area contributed by atoms with Crippen molar-refractivity contribution in [1.29, 1.82) is 0 Å². The fourth-order valence-electron chi connectivity index (χ4n) is 2.04. The standard InChI is InChI=1S/C17H34O3/c1-6-7-8-9-10-11-12-15(18)17(4,5)16(19)20-13-14(2)3/h14-15,18H,6-13H2,1-5H3. The normalized spacial score (nSPS) is 13.6. The van der Waals surface area contributed by atoms with Crippen molar-refractivity contribution in [1.82, 2.24) is 0 Å². The van der Waals surface area contributed by atoms with Crippen molar-refractivity contribution in [3.8, 4) is 0 Å². The molecule has 0 aromatic heterocycles. The lowest BCUT2D eigenvalue weighted by molar-refractivity contribution is -0.162. The van der Waals surface area contributed by atoms with Gasteiger partial charge in [0.15, 0.2) is 0 Å². The van der Waals surface area contributed by atoms with Crippen molar-refractivity contribution in [2.24, 2.45) is 11.3 Å². The van der Waals surface area contributed by atoms with Crippen molar-refractivity contribution in [3.05, 3.63) is 0 Å². The second-order valence-electron chi connectivity index (χ2n) is 6.79. The molecule has 1 N–H and O–H groups in total. The number of hydrogen-bond acceptors (Lipinski definition) is 3. The molecule has 0 fully saturated rings. The number of hydrogen-bond donors (Lipinski definition) is 1. The highest BCUT2D eigenvalue weighted by atomic mass is 16.5. The molecule has 0 aliphatic heterocycles. The predicted octanol–water partition coefficient (Wildman–Crippen LogP) is 4.32. The molecule has 20 heavy (non-hydrogen) atoms. The summed E-state index contributed by atoms with van der Waals surface area (Å²) < 4.78 is 5.25. The van der Waals surface area contributed by atoms with Crippen LogP contribution in [-0.4, -0.2) is 23.8 Å². The molecule has 0 aliphatic rings. The number of aliphatic hydroxyl groups excluding tert-OH is 1. The number of carbonyl (C=O) groups is 1. The smallest absolute Gasteiger partial charge is 0.314 e. The third-order valence-electron chi connectivity index (χ3n) is 3.74. The van der Waals surface area contributed by atoms with Gasteiger partial charge in [-0.15, -0.1) is 0 Å². The first kappa shape index (κ1) is 19.4. The van der Waals surface area contributed by atoms with Gasteiger partial charge >= 0.3 is 5.97 Å². The summed E-state index contributed by atoms with van der Waals surface area (Å²) in [6, 6.07) is 0. The zero-order valence-electron chi connectivity index (χ0n) is 14.1. The number of carbonyl (C=O) groups excluding carboxylic acids is 1. The lowest BCUT2D eigenvalue weighted by Gasteiger charge is -2.28. The van der Waals surface area contributed by atoms with Crippen LogP contribution in [-0.2, 0) is 9.53 Å². The third-order valence-corrected chi connectivity index (χ3v) is 3.74. The maximum atomic E-state index is 12.0. The summed E-state index contributed by atoms with van der Waals surface area (Å²) >= 11 is 0. The van der Waals surface area contributed by atoms with Crippen molar-refractivity contribution < 1.29 is 14.6 Å². The van der Waals surface area contributed by atoms with Crippen LogP contribution < -0.4 is 0 Å². The van der Waals surface area contributed by atoms with Gasteiger partial charge in [0.25, 0.3) is 0 Å². The van der Waals surface area contributed by atoms with Crippen molar-refractivity contribution in [2.75, 3.05) is 6.61 Å². The third kappa shape index (κ3) is 7.88. The van der Waals surface area contributed by atoms with Crippen molar-refractivity contribution in [2.45, 2.75) is 85.7 Å². The van der Waals surface area contributed by atoms with Crippen LogP contribution >= 0.6 is 0 Å². The fourth-order valence-corrected chi connectivity index (χ4v) is 2.04. The van der Waals surface area contributed by atoms with Crippen LogP contribution in [0.3, 0.4) is 0 Å². The fraction of sp³-hybridized carbons (Fsp3) is 0.941. The van der Waals surface area contributed by atoms with Crippen molar-refractivity contribution >= 4 is 5.97 Å². The molecule has 1 unspecified atom stereocenters. The summed E-state index contributed by atoms with van der Waals surface area (Å²) in [5, 5.41) is 10.2. The maximum absolute atomic E-state index is 12.0. The SMILES string of the molecule is CCCCCCCCC(O)C(C)(C)C(=O)OCC(C)C. The van der Waals surface area contributed by atoms with Gasteiger partial charge in [-0.25, -0.2) is 0 Å². The molecule has 0 aromatic rings. The topological polar surface area (TPSA) is 46.5 Å². The molecule has 3 nitrogen and oxygen atoms in total. The van der Waals surface area contributed by atoms with E-state index in [2.05, 4.69) is 6.92 Å². The molecule has 1 atom stereocenters. The molecular formula is C17H34O3. The highest BCUT2D eigenvalue weighted by Gasteiger charge is 2.36. The Morgan fingerprint density at radius 3 is 2.20 bits per heavy atom. The number of esters is 1. The van der Waals surface area contributed by atoms with Gasteiger partial charge in [0.2, 0.25) is 0 Å². The van der Waals surface area contributed by atoms with Gasteiger partial charge in [0, 0.05) is 0 Å². The zero-order chi connectivity index (χ0) is 15.6. The Morgan fingerprint density at radius 1 is 1.10 bits per heavy atom. The summed E-state index contributed by atoms with van der Waals surface area (Å²) in [5.74, 6) is 0.0372. The Bertz CT molecular complexity index is 259. The molecule has 0 saturated carbocycles. The van der Waals surface area contributed by atoms with Crippen LogP contribution in [0.4, 0.5) is 0 Å². The van der Waals surface area contributed by atoms with Gasteiger partial charge in [0.1, 0.15) is 0 Å². The summed E-state index contributed by atoms with van der Waals surface area (Å²) in [5.41, 5.74) is -0.807. The maximum Gasteiger partial charge on any atom is 0.314 e. The minimum atomic E-state index is -0.807. The van der Waals surface area contributed by atoms with E-state index in [9.17, 15) is 9.90 Å². The van der Waals surface area contributed by atoms with E-state index in [1.165, 1.54) is 25.7 Å². The number of rotatable bonds is 11. The van der Waals surface area contributed by atoms with E-state index in [-0.39, 0.29) is 5.97 Å². The quantitative estimate of drug-likeness (QED) is 0.454. The predicted molar refractivity (Wildman–Crippen MR) is 83.6 cm³/mol. The largest absolute Gasteiger partial charge is 0.465 e. The molecule has 0 aromatic carbocycles. The minimum absolute atomic E-state index is 0.287. The summed E-state index contributed by atoms with van der Waals surface area (Å²) in [6.07, 6.45) is 7.20. The molecule has 0 bridgehead atoms. The van der Waals surface area contributed by atoms with Crippen LogP contribution in [0, 0.1) is 11.3 Å². The van der Waals surface area contributed by atoms with E-state index >= 15 is 0 Å². The van der Waals surface area contributed by atoms with E-state index in [4.69, 9.17) is 4.74 Å². The Hall–Kier alpha value is -0.570. The second-order valence-corrected chi connectivity index (χ2v) is 6.79. The first-order valence-electron chi connectivity index (χ1n) is 8.17.